The largest absolute Gasteiger partial charge is 0.479 e. The molecule has 5 saturated heterocycles. The van der Waals surface area contributed by atoms with E-state index >= 15 is 0 Å². The number of hydrogen-bond acceptors (Lipinski definition) is 39. The fraction of sp³-hybridized carbons (Fsp3) is 0.850. The van der Waals surface area contributed by atoms with Crippen LogP contribution in [-0.4, -0.2) is 356 Å². The molecular formula is C40H63N3O48S6. The van der Waals surface area contributed by atoms with Crippen molar-refractivity contribution in [1.82, 2.24) is 14.8 Å². The van der Waals surface area contributed by atoms with Gasteiger partial charge in [-0.15, -0.1) is 0 Å². The predicted octanol–water partition coefficient (Wildman–Crippen LogP) is -13.4. The Labute approximate surface area is 544 Å². The van der Waals surface area contributed by atoms with Crippen molar-refractivity contribution in [2.45, 2.75) is 173 Å². The van der Waals surface area contributed by atoms with Crippen LogP contribution in [0.5, 0.6) is 0 Å². The van der Waals surface area contributed by atoms with E-state index in [2.05, 4.69) is 17.9 Å². The van der Waals surface area contributed by atoms with Crippen LogP contribution in [0, 0.1) is 5.92 Å². The highest BCUT2D eigenvalue weighted by Crippen LogP contribution is 2.39. The number of methoxy groups -OCH3 is 1. The van der Waals surface area contributed by atoms with Gasteiger partial charge in [0, 0.05) is 14.0 Å². The predicted molar refractivity (Wildman–Crippen MR) is 286 cm³/mol. The zero-order chi connectivity index (χ0) is 73.3. The number of hydrogen-bond donors (Lipinski definition) is 20. The van der Waals surface area contributed by atoms with Crippen LogP contribution >= 0.6 is 0 Å². The number of aliphatic hydroxyl groups is 8. The molecule has 51 nitrogen and oxygen atoms in total. The molecule has 97 heavy (non-hydrogen) atoms. The number of rotatable bonds is 30. The molecule has 1 amide bonds. The lowest BCUT2D eigenvalue weighted by Gasteiger charge is -2.50. The third-order valence-electron chi connectivity index (χ3n) is 14.3. The summed E-state index contributed by atoms with van der Waals surface area (Å²) < 4.78 is 283. The third kappa shape index (κ3) is 22.2. The van der Waals surface area contributed by atoms with Crippen molar-refractivity contribution in [3.05, 3.63) is 11.8 Å². The molecule has 28 atom stereocenters. The molecule has 57 heteroatoms. The maximum absolute atomic E-state index is 13.0. The Morgan fingerprint density at radius 3 is 1.22 bits per heavy atom. The molecule has 3 unspecified atom stereocenters. The van der Waals surface area contributed by atoms with Crippen LogP contribution < -0.4 is 14.8 Å². The lowest BCUT2D eigenvalue weighted by Crippen LogP contribution is -2.71. The Morgan fingerprint density at radius 2 is 0.825 bits per heavy atom. The van der Waals surface area contributed by atoms with E-state index in [1.165, 1.54) is 9.44 Å². The molecule has 6 aliphatic rings. The summed E-state index contributed by atoms with van der Waals surface area (Å²) in [7, 11) is -32.9. The topological polar surface area (TPSA) is 792 Å². The summed E-state index contributed by atoms with van der Waals surface area (Å²) >= 11 is 0. The molecule has 6 aliphatic heterocycles. The number of aliphatic carboxylic acids is 3. The van der Waals surface area contributed by atoms with Crippen LogP contribution in [0.15, 0.2) is 11.8 Å². The molecule has 0 saturated carbocycles. The fourth-order valence-corrected chi connectivity index (χ4v) is 13.3. The number of amides is 1. The van der Waals surface area contributed by atoms with Crippen molar-refractivity contribution in [2.75, 3.05) is 32.7 Å². The molecule has 0 aromatic carbocycles. The zero-order valence-corrected chi connectivity index (χ0v) is 53.2. The molecule has 0 aromatic rings. The minimum atomic E-state index is -5.88. The fourth-order valence-electron chi connectivity index (χ4n) is 10.3. The van der Waals surface area contributed by atoms with Crippen molar-refractivity contribution in [2.24, 2.45) is 5.92 Å². The van der Waals surface area contributed by atoms with E-state index in [1.54, 1.807) is 0 Å². The van der Waals surface area contributed by atoms with Gasteiger partial charge in [0.05, 0.1) is 37.6 Å². The van der Waals surface area contributed by atoms with Crippen molar-refractivity contribution in [1.29, 1.82) is 0 Å². The van der Waals surface area contributed by atoms with Crippen LogP contribution in [0.4, 0.5) is 0 Å². The van der Waals surface area contributed by atoms with E-state index in [0.29, 0.717) is 6.08 Å². The number of aliphatic hydroxyl groups excluding tert-OH is 8. The monoisotopic (exact) mass is 1550 g/mol. The minimum absolute atomic E-state index is 0.498. The van der Waals surface area contributed by atoms with Crippen molar-refractivity contribution in [3.63, 3.8) is 0 Å². The van der Waals surface area contributed by atoms with E-state index < -0.39 is 289 Å². The molecule has 0 bridgehead atoms. The summed E-state index contributed by atoms with van der Waals surface area (Å²) in [6.07, 6.45) is -62.1. The molecule has 0 radical (unpaired) electrons. The Morgan fingerprint density at radius 1 is 0.454 bits per heavy atom. The second-order valence-corrected chi connectivity index (χ2v) is 28.3. The van der Waals surface area contributed by atoms with Gasteiger partial charge in [0.2, 0.25) is 18.0 Å². The van der Waals surface area contributed by atoms with Gasteiger partial charge in [-0.25, -0.2) is 26.9 Å². The number of carboxylic acids is 3. The SMILES string of the molecule is COC1O[C@H](COS(=O)(=O)O)[C@@H](O[C@@H]2O[C@@H](C(=O)O)[C@@H](O[C@H]3O[C@H](COS(=O)(=O)O)[C@@H](O[C@@H]4O[C@H](C(=O)O)C(O[C@H]5O[C@H](COS(=O)(=O)O)[C@@H](O[C@@H]6OC(C(=O)O)=C[C@H](O)[C@H]6O)[C@H](O)C5NC(C)=O)[C@H](O)[C@H]4O)[C@H](O)[C@H]3NS(=O)(=O)O)[C@H](O)[C@H]2CS(=O)(=O)O)[C@H](O)[C@H]1NS(=O)(=O)O. The highest BCUT2D eigenvalue weighted by Gasteiger charge is 2.60. The van der Waals surface area contributed by atoms with Crippen LogP contribution in [-0.2, 0) is 150 Å². The first-order chi connectivity index (χ1) is 44.4. The average Bonchev–Trinajstić information content (AvgIpc) is 0.769. The molecule has 5 fully saturated rings. The lowest BCUT2D eigenvalue weighted by atomic mass is 9.90. The smallest absolute Gasteiger partial charge is 0.397 e. The number of ether oxygens (including phenoxy) is 12. The quantitative estimate of drug-likeness (QED) is 0.0297. The van der Waals surface area contributed by atoms with Gasteiger partial charge in [-0.05, 0) is 6.08 Å². The summed E-state index contributed by atoms with van der Waals surface area (Å²) in [5, 5.41) is 123. The van der Waals surface area contributed by atoms with Gasteiger partial charge >= 0.3 is 69.7 Å². The van der Waals surface area contributed by atoms with Crippen molar-refractivity contribution >= 4 is 85.7 Å². The first-order valence-electron chi connectivity index (χ1n) is 26.5. The minimum Gasteiger partial charge on any atom is -0.479 e. The van der Waals surface area contributed by atoms with Gasteiger partial charge in [-0.2, -0.15) is 60.0 Å². The summed E-state index contributed by atoms with van der Waals surface area (Å²) in [5.41, 5.74) is 0. The highest BCUT2D eigenvalue weighted by atomic mass is 32.3. The van der Waals surface area contributed by atoms with Crippen LogP contribution in [0.25, 0.3) is 0 Å². The van der Waals surface area contributed by atoms with E-state index in [9.17, 15) is 153 Å². The summed E-state index contributed by atoms with van der Waals surface area (Å²) in [5.74, 6) is -13.2. The van der Waals surface area contributed by atoms with E-state index in [0.717, 1.165) is 14.0 Å². The highest BCUT2D eigenvalue weighted by molar-refractivity contribution is 7.85. The first-order valence-corrected chi connectivity index (χ1v) is 35.1. The Balaban J connectivity index is 1.33. The normalized spacial score (nSPS) is 39.6. The third-order valence-corrected chi connectivity index (χ3v) is 17.6. The van der Waals surface area contributed by atoms with Gasteiger partial charge < -0.3 is 118 Å². The molecular weight excluding hydrogens is 1480 g/mol. The first kappa shape index (κ1) is 81.9. The van der Waals surface area contributed by atoms with Crippen LogP contribution in [0.1, 0.15) is 6.92 Å². The standard InChI is InChI=1S/C40H63N3O48S6/c1-8(44)41-15-20(48)25(86-39-19(47)10(45)3-11(81-39)32(53)54)13(5-79-96(71,72)73)83-37(15)89-29-23(51)24(52)40(91-31(29)34(57)58)87-27-14(6-80-97(74,75)76)84-38(17(22(27)50)43-94(65,66)67)88-28-18(46)9(7-92(59,60)61)35(90-30(28)33(55)56)85-26-12(4-78-95(68,69)70)82-36(77-2)16(21(26)49)42-93(62,63)64/h3,9-10,12-31,35-40,42-43,45-52H,4-7H2,1-2H3,(H,41,44)(H,53,54)(H,55,56)(H,57,58)(H,59,60,61)(H,62,63,64)(H,65,66,67)(H,68,69,70)(H,71,72,73)(H,74,75,76)/t9-,10+,12-,13-,14-,15?,16-,17-,18-,19-,20-,21-,22-,23-,24-,25-,26-,27-,28+,29?,30-,31+,35-,36?,37-,38-,39+,40-/m1/s1. The van der Waals surface area contributed by atoms with Gasteiger partial charge in [-0.3, -0.25) is 32.1 Å². The van der Waals surface area contributed by atoms with Crippen molar-refractivity contribution < 1.29 is 223 Å². The maximum atomic E-state index is 13.0. The number of carbonyl (C=O) groups excluding carboxylic acids is 1. The maximum Gasteiger partial charge on any atom is 0.397 e. The lowest BCUT2D eigenvalue weighted by molar-refractivity contribution is -0.374. The van der Waals surface area contributed by atoms with Gasteiger partial charge in [0.15, 0.2) is 43.7 Å². The number of nitrogens with one attached hydrogen (secondary N) is 3. The molecule has 6 heterocycles. The molecule has 0 aromatic heterocycles. The van der Waals surface area contributed by atoms with E-state index in [4.69, 9.17) is 56.8 Å². The molecule has 6 rings (SSSR count). The zero-order valence-electron chi connectivity index (χ0n) is 48.3. The Hall–Kier alpha value is -4.08. The second-order valence-electron chi connectivity index (χ2n) is 21.2. The van der Waals surface area contributed by atoms with Crippen molar-refractivity contribution in [3.8, 4) is 0 Å². The van der Waals surface area contributed by atoms with Gasteiger partial charge in [0.25, 0.3) is 10.1 Å². The summed E-state index contributed by atoms with van der Waals surface area (Å²) in [4.78, 5) is 50.3. The number of carboxylic acid groups (broad SMARTS) is 3. The van der Waals surface area contributed by atoms with Crippen LogP contribution in [0.2, 0.25) is 0 Å². The summed E-state index contributed by atoms with van der Waals surface area (Å²) in [6, 6.07) is -7.35. The Kier molecular flexibility index (Phi) is 27.1. The average molecular weight is 1550 g/mol. The second kappa shape index (κ2) is 32.1. The Bertz CT molecular complexity index is 3530. The van der Waals surface area contributed by atoms with Gasteiger partial charge in [-0.1, -0.05) is 0 Å². The van der Waals surface area contributed by atoms with E-state index in [1.807, 2.05) is 0 Å². The molecule has 562 valence electrons. The molecule has 0 aliphatic carbocycles. The summed E-state index contributed by atoms with van der Waals surface area (Å²) in [6.45, 7) is -3.98. The molecule has 20 N–H and O–H groups in total. The number of carbonyl (C=O) groups is 4. The molecule has 0 spiro atoms. The van der Waals surface area contributed by atoms with Gasteiger partial charge in [0.1, 0.15) is 110 Å². The van der Waals surface area contributed by atoms with Crippen LogP contribution in [0.3, 0.4) is 0 Å². The van der Waals surface area contributed by atoms with E-state index in [-0.39, 0.29) is 0 Å².